The Morgan fingerprint density at radius 1 is 1.38 bits per heavy atom. The third-order valence-corrected chi connectivity index (χ3v) is 2.93. The van der Waals surface area contributed by atoms with Crippen LogP contribution < -0.4 is 5.54 Å². The van der Waals surface area contributed by atoms with Gasteiger partial charge in [0.05, 0.1) is 6.10 Å². The highest BCUT2D eigenvalue weighted by atomic mass is 19.2. The number of nitrogens with one attached hydrogen (secondary N) is 1. The van der Waals surface area contributed by atoms with Gasteiger partial charge in [0.1, 0.15) is 0 Å². The standard InChI is InChI=1S/C12H25FN2O/c1-11(2)10-15-7-4-12(5-8-15)16-9-3-6-14-13/h11-12,14H,3-10H2,1-2H3. The zero-order valence-electron chi connectivity index (χ0n) is 10.5. The number of rotatable bonds is 7. The number of likely N-dealkylation sites (tertiary alicyclic amines) is 1. The Labute approximate surface area is 98.3 Å². The summed E-state index contributed by atoms with van der Waals surface area (Å²) in [4.78, 5) is 2.51. The molecule has 1 rings (SSSR count). The molecule has 0 amide bonds. The van der Waals surface area contributed by atoms with Crippen LogP contribution in [0.3, 0.4) is 0 Å². The maximum atomic E-state index is 11.6. The molecule has 1 aliphatic heterocycles. The molecule has 0 radical (unpaired) electrons. The van der Waals surface area contributed by atoms with Crippen LogP contribution in [-0.2, 0) is 4.74 Å². The van der Waals surface area contributed by atoms with Crippen molar-refractivity contribution in [1.82, 2.24) is 10.4 Å². The zero-order chi connectivity index (χ0) is 11.8. The molecule has 0 unspecified atom stereocenters. The highest BCUT2D eigenvalue weighted by Gasteiger charge is 2.19. The highest BCUT2D eigenvalue weighted by Crippen LogP contribution is 2.14. The van der Waals surface area contributed by atoms with Crippen molar-refractivity contribution in [2.45, 2.75) is 39.2 Å². The summed E-state index contributed by atoms with van der Waals surface area (Å²) in [5, 5.41) is 0. The second-order valence-electron chi connectivity index (χ2n) is 5.00. The van der Waals surface area contributed by atoms with Crippen LogP contribution in [0.1, 0.15) is 33.1 Å². The molecule has 96 valence electrons. The van der Waals surface area contributed by atoms with Crippen molar-refractivity contribution in [2.24, 2.45) is 5.92 Å². The van der Waals surface area contributed by atoms with Crippen LogP contribution >= 0.6 is 0 Å². The Kier molecular flexibility index (Phi) is 6.92. The summed E-state index contributed by atoms with van der Waals surface area (Å²) in [6, 6.07) is 0. The quantitative estimate of drug-likeness (QED) is 0.536. The predicted octanol–water partition coefficient (Wildman–Crippen LogP) is 1.99. The van der Waals surface area contributed by atoms with Gasteiger partial charge in [0, 0.05) is 32.8 Å². The van der Waals surface area contributed by atoms with Gasteiger partial charge < -0.3 is 9.64 Å². The Bertz CT molecular complexity index is 170. The van der Waals surface area contributed by atoms with Crippen LogP contribution in [0.4, 0.5) is 4.48 Å². The lowest BCUT2D eigenvalue weighted by Gasteiger charge is -2.32. The van der Waals surface area contributed by atoms with Gasteiger partial charge in [-0.25, -0.2) is 0 Å². The fourth-order valence-corrected chi connectivity index (χ4v) is 2.16. The van der Waals surface area contributed by atoms with Crippen molar-refractivity contribution in [2.75, 3.05) is 32.8 Å². The van der Waals surface area contributed by atoms with Gasteiger partial charge >= 0.3 is 0 Å². The lowest BCUT2D eigenvalue weighted by Crippen LogP contribution is -2.39. The van der Waals surface area contributed by atoms with E-state index in [1.165, 1.54) is 6.54 Å². The Morgan fingerprint density at radius 3 is 2.62 bits per heavy atom. The first kappa shape index (κ1) is 13.9. The first-order chi connectivity index (χ1) is 7.72. The van der Waals surface area contributed by atoms with E-state index in [2.05, 4.69) is 18.7 Å². The molecule has 3 nitrogen and oxygen atoms in total. The highest BCUT2D eigenvalue weighted by molar-refractivity contribution is 4.73. The zero-order valence-corrected chi connectivity index (χ0v) is 10.5. The molecule has 0 aromatic carbocycles. The predicted molar refractivity (Wildman–Crippen MR) is 64.0 cm³/mol. The van der Waals surface area contributed by atoms with Gasteiger partial charge in [-0.15, -0.1) is 4.48 Å². The lowest BCUT2D eigenvalue weighted by atomic mass is 10.1. The van der Waals surface area contributed by atoms with Crippen LogP contribution in [0.5, 0.6) is 0 Å². The summed E-state index contributed by atoms with van der Waals surface area (Å²) in [5.74, 6) is 0.744. The molecule has 0 aromatic rings. The fourth-order valence-electron chi connectivity index (χ4n) is 2.16. The van der Waals surface area contributed by atoms with E-state index in [0.717, 1.165) is 38.3 Å². The maximum absolute atomic E-state index is 11.6. The molecule has 1 fully saturated rings. The lowest BCUT2D eigenvalue weighted by molar-refractivity contribution is 0.00364. The summed E-state index contributed by atoms with van der Waals surface area (Å²) >= 11 is 0. The van der Waals surface area contributed by atoms with Gasteiger partial charge in [0.15, 0.2) is 0 Å². The topological polar surface area (TPSA) is 24.5 Å². The Balaban J connectivity index is 2.03. The molecule has 0 saturated carbocycles. The van der Waals surface area contributed by atoms with Gasteiger partial charge in [0.2, 0.25) is 0 Å². The number of ether oxygens (including phenoxy) is 1. The van der Waals surface area contributed by atoms with E-state index in [1.54, 1.807) is 5.54 Å². The van der Waals surface area contributed by atoms with Gasteiger partial charge in [0.25, 0.3) is 0 Å². The largest absolute Gasteiger partial charge is 0.378 e. The molecule has 0 spiro atoms. The SMILES string of the molecule is CC(C)CN1CCC(OCCCNF)CC1. The van der Waals surface area contributed by atoms with Crippen molar-refractivity contribution in [3.05, 3.63) is 0 Å². The van der Waals surface area contributed by atoms with Crippen LogP contribution in [0.25, 0.3) is 0 Å². The second kappa shape index (κ2) is 7.98. The molecule has 0 aromatic heterocycles. The minimum Gasteiger partial charge on any atom is -0.378 e. The molecule has 1 heterocycles. The summed E-state index contributed by atoms with van der Waals surface area (Å²) in [7, 11) is 0. The van der Waals surface area contributed by atoms with E-state index in [0.29, 0.717) is 19.3 Å². The molecular formula is C12H25FN2O. The normalized spacial score (nSPS) is 19.5. The van der Waals surface area contributed by atoms with E-state index >= 15 is 0 Å². The van der Waals surface area contributed by atoms with E-state index in [-0.39, 0.29) is 0 Å². The fraction of sp³-hybridized carbons (Fsp3) is 1.00. The number of nitrogens with zero attached hydrogens (tertiary/aromatic N) is 1. The van der Waals surface area contributed by atoms with Crippen molar-refractivity contribution in [3.63, 3.8) is 0 Å². The minimum atomic E-state index is 0.392. The Hall–Kier alpha value is -0.190. The van der Waals surface area contributed by atoms with Crippen molar-refractivity contribution in [3.8, 4) is 0 Å². The minimum absolute atomic E-state index is 0.392. The Morgan fingerprint density at radius 2 is 2.06 bits per heavy atom. The van der Waals surface area contributed by atoms with E-state index in [9.17, 15) is 4.48 Å². The second-order valence-corrected chi connectivity index (χ2v) is 5.00. The molecule has 4 heteroatoms. The van der Waals surface area contributed by atoms with Crippen molar-refractivity contribution in [1.29, 1.82) is 0 Å². The average molecular weight is 232 g/mol. The van der Waals surface area contributed by atoms with E-state index in [1.807, 2.05) is 0 Å². The van der Waals surface area contributed by atoms with Gasteiger partial charge in [-0.2, -0.15) is 5.54 Å². The van der Waals surface area contributed by atoms with Crippen LogP contribution in [0, 0.1) is 5.92 Å². The van der Waals surface area contributed by atoms with Gasteiger partial charge in [-0.05, 0) is 25.2 Å². The average Bonchev–Trinajstić information content (AvgIpc) is 2.26. The van der Waals surface area contributed by atoms with Crippen molar-refractivity contribution >= 4 is 0 Å². The van der Waals surface area contributed by atoms with E-state index in [4.69, 9.17) is 4.74 Å². The first-order valence-corrected chi connectivity index (χ1v) is 6.40. The monoisotopic (exact) mass is 232 g/mol. The molecule has 1 N–H and O–H groups in total. The first-order valence-electron chi connectivity index (χ1n) is 6.40. The summed E-state index contributed by atoms with van der Waals surface area (Å²) in [5.41, 5.74) is 1.65. The molecular weight excluding hydrogens is 207 g/mol. The number of hydrogen-bond donors (Lipinski definition) is 1. The number of hydrogen-bond acceptors (Lipinski definition) is 3. The van der Waals surface area contributed by atoms with Crippen LogP contribution in [0.15, 0.2) is 0 Å². The van der Waals surface area contributed by atoms with Gasteiger partial charge in [-0.1, -0.05) is 13.8 Å². The van der Waals surface area contributed by atoms with Crippen LogP contribution in [-0.4, -0.2) is 43.8 Å². The summed E-state index contributed by atoms with van der Waals surface area (Å²) in [6.07, 6.45) is 3.39. The number of halogens is 1. The number of piperidine rings is 1. The molecule has 0 bridgehead atoms. The van der Waals surface area contributed by atoms with Crippen molar-refractivity contribution < 1.29 is 9.22 Å². The van der Waals surface area contributed by atoms with Gasteiger partial charge in [-0.3, -0.25) is 0 Å². The molecule has 16 heavy (non-hydrogen) atoms. The van der Waals surface area contributed by atoms with E-state index < -0.39 is 0 Å². The molecule has 0 atom stereocenters. The molecule has 1 saturated heterocycles. The third kappa shape index (κ3) is 5.77. The summed E-state index contributed by atoms with van der Waals surface area (Å²) in [6.45, 7) is 9.06. The smallest absolute Gasteiger partial charge is 0.0599 e. The maximum Gasteiger partial charge on any atom is 0.0599 e. The molecule has 0 aliphatic carbocycles. The third-order valence-electron chi connectivity index (χ3n) is 2.93. The molecule has 1 aliphatic rings. The summed E-state index contributed by atoms with van der Waals surface area (Å²) < 4.78 is 17.3. The van der Waals surface area contributed by atoms with Crippen LogP contribution in [0.2, 0.25) is 0 Å².